The second-order valence-corrected chi connectivity index (χ2v) is 8.00. The van der Waals surface area contributed by atoms with Crippen LogP contribution in [0.3, 0.4) is 0 Å². The highest BCUT2D eigenvalue weighted by Gasteiger charge is 2.65. The number of ether oxygens (including phenoxy) is 2. The van der Waals surface area contributed by atoms with Crippen LogP contribution in [0.5, 0.6) is 0 Å². The maximum atomic E-state index is 6.38. The van der Waals surface area contributed by atoms with E-state index < -0.39 is 5.79 Å². The fourth-order valence-corrected chi connectivity index (χ4v) is 5.05. The summed E-state index contributed by atoms with van der Waals surface area (Å²) in [6.07, 6.45) is 4.20. The lowest BCUT2D eigenvalue weighted by Gasteiger charge is -2.54. The van der Waals surface area contributed by atoms with Crippen molar-refractivity contribution in [2.24, 2.45) is 23.2 Å². The summed E-state index contributed by atoms with van der Waals surface area (Å²) in [5.74, 6) is 2.06. The van der Waals surface area contributed by atoms with Crippen LogP contribution in [0.4, 0.5) is 0 Å². The quantitative estimate of drug-likeness (QED) is 0.649. The standard InChI is InChI=1S/C16H28O2/c1-10-7-8-12-11(10)9-13-16(6,14(12,2)3)18-15(4,5)17-13/h10-13H,7-9H2,1-6H3/t10-,11?,12-,13-,16-/m1/s1. The Labute approximate surface area is 111 Å². The fourth-order valence-electron chi connectivity index (χ4n) is 5.05. The minimum absolute atomic E-state index is 0.123. The number of fused-ring (bicyclic) bond motifs is 2. The molecule has 1 heterocycles. The average molecular weight is 252 g/mol. The van der Waals surface area contributed by atoms with Gasteiger partial charge in [-0.15, -0.1) is 0 Å². The first-order valence-corrected chi connectivity index (χ1v) is 7.55. The Hall–Kier alpha value is -0.0800. The molecule has 3 aliphatic rings. The van der Waals surface area contributed by atoms with Gasteiger partial charge in [0.25, 0.3) is 0 Å². The molecule has 0 spiro atoms. The number of hydrogen-bond donors (Lipinski definition) is 0. The van der Waals surface area contributed by atoms with E-state index in [1.807, 2.05) is 0 Å². The summed E-state index contributed by atoms with van der Waals surface area (Å²) in [5.41, 5.74) is 0.0842. The van der Waals surface area contributed by atoms with Crippen LogP contribution in [0.25, 0.3) is 0 Å². The van der Waals surface area contributed by atoms with Gasteiger partial charge in [0.15, 0.2) is 5.79 Å². The van der Waals surface area contributed by atoms with E-state index in [0.717, 1.165) is 17.8 Å². The van der Waals surface area contributed by atoms with Crippen molar-refractivity contribution in [1.82, 2.24) is 0 Å². The van der Waals surface area contributed by atoms with Gasteiger partial charge in [0.1, 0.15) is 5.60 Å². The normalized spacial score (nSPS) is 53.0. The molecule has 0 N–H and O–H groups in total. The second kappa shape index (κ2) is 3.52. The summed E-state index contributed by atoms with van der Waals surface area (Å²) in [6.45, 7) is 13.6. The van der Waals surface area contributed by atoms with Gasteiger partial charge >= 0.3 is 0 Å². The van der Waals surface area contributed by atoms with Crippen molar-refractivity contribution in [3.63, 3.8) is 0 Å². The molecule has 104 valence electrons. The maximum Gasteiger partial charge on any atom is 0.164 e. The molecule has 0 bridgehead atoms. The fraction of sp³-hybridized carbons (Fsp3) is 1.00. The van der Waals surface area contributed by atoms with Crippen molar-refractivity contribution in [2.45, 2.75) is 78.3 Å². The molecule has 0 aromatic carbocycles. The zero-order valence-electron chi connectivity index (χ0n) is 12.7. The summed E-state index contributed by atoms with van der Waals surface area (Å²) in [4.78, 5) is 0. The summed E-state index contributed by atoms with van der Waals surface area (Å²) in [7, 11) is 0. The molecular formula is C16H28O2. The predicted octanol–water partition coefficient (Wildman–Crippen LogP) is 3.99. The van der Waals surface area contributed by atoms with Crippen LogP contribution in [0.1, 0.15) is 60.8 Å². The number of rotatable bonds is 0. The van der Waals surface area contributed by atoms with Gasteiger partial charge in [0.05, 0.1) is 6.10 Å². The van der Waals surface area contributed by atoms with E-state index in [4.69, 9.17) is 9.47 Å². The first-order valence-electron chi connectivity index (χ1n) is 7.55. The minimum Gasteiger partial charge on any atom is -0.344 e. The lowest BCUT2D eigenvalue weighted by molar-refractivity contribution is -0.193. The van der Waals surface area contributed by atoms with Crippen LogP contribution >= 0.6 is 0 Å². The van der Waals surface area contributed by atoms with E-state index in [-0.39, 0.29) is 17.1 Å². The lowest BCUT2D eigenvalue weighted by Crippen LogP contribution is -2.59. The molecule has 3 fully saturated rings. The molecule has 2 heteroatoms. The van der Waals surface area contributed by atoms with Crippen molar-refractivity contribution in [3.8, 4) is 0 Å². The Morgan fingerprint density at radius 2 is 1.67 bits per heavy atom. The first kappa shape index (κ1) is 12.9. The zero-order chi connectivity index (χ0) is 13.3. The van der Waals surface area contributed by atoms with Gasteiger partial charge in [-0.25, -0.2) is 0 Å². The van der Waals surface area contributed by atoms with Crippen LogP contribution in [0.15, 0.2) is 0 Å². The van der Waals surface area contributed by atoms with Gasteiger partial charge in [-0.3, -0.25) is 0 Å². The van der Waals surface area contributed by atoms with Gasteiger partial charge in [0.2, 0.25) is 0 Å². The van der Waals surface area contributed by atoms with Crippen LogP contribution in [-0.4, -0.2) is 17.5 Å². The molecule has 2 aliphatic carbocycles. The van der Waals surface area contributed by atoms with Gasteiger partial charge in [-0.2, -0.15) is 0 Å². The molecule has 0 amide bonds. The predicted molar refractivity (Wildman–Crippen MR) is 72.2 cm³/mol. The molecule has 0 aromatic rings. The summed E-state index contributed by atoms with van der Waals surface area (Å²) < 4.78 is 12.6. The Kier molecular flexibility index (Phi) is 2.53. The Balaban J connectivity index is 1.99. The summed E-state index contributed by atoms with van der Waals surface area (Å²) in [6, 6.07) is 0. The third-order valence-corrected chi connectivity index (χ3v) is 6.37. The van der Waals surface area contributed by atoms with Gasteiger partial charge < -0.3 is 9.47 Å². The molecule has 5 atom stereocenters. The number of hydrogen-bond acceptors (Lipinski definition) is 2. The molecule has 0 radical (unpaired) electrons. The van der Waals surface area contributed by atoms with Crippen LogP contribution in [-0.2, 0) is 9.47 Å². The third-order valence-electron chi connectivity index (χ3n) is 6.37. The van der Waals surface area contributed by atoms with Gasteiger partial charge in [0, 0.05) is 0 Å². The second-order valence-electron chi connectivity index (χ2n) is 8.00. The van der Waals surface area contributed by atoms with E-state index in [0.29, 0.717) is 0 Å². The third kappa shape index (κ3) is 1.48. The van der Waals surface area contributed by atoms with Crippen molar-refractivity contribution < 1.29 is 9.47 Å². The average Bonchev–Trinajstić information content (AvgIpc) is 2.67. The SMILES string of the molecule is C[C@@H]1CC[C@@H]2C1C[C@H]1OC(C)(C)O[C@@]1(C)C2(C)C. The van der Waals surface area contributed by atoms with E-state index in [1.54, 1.807) is 0 Å². The van der Waals surface area contributed by atoms with E-state index in [9.17, 15) is 0 Å². The molecule has 2 saturated carbocycles. The van der Waals surface area contributed by atoms with E-state index in [1.165, 1.54) is 19.3 Å². The molecule has 1 aliphatic heterocycles. The Morgan fingerprint density at radius 3 is 2.33 bits per heavy atom. The van der Waals surface area contributed by atoms with Crippen LogP contribution in [0, 0.1) is 23.2 Å². The lowest BCUT2D eigenvalue weighted by atomic mass is 9.55. The monoisotopic (exact) mass is 252 g/mol. The molecule has 3 rings (SSSR count). The highest BCUT2D eigenvalue weighted by atomic mass is 16.8. The van der Waals surface area contributed by atoms with Crippen molar-refractivity contribution in [2.75, 3.05) is 0 Å². The molecule has 1 unspecified atom stereocenters. The highest BCUT2D eigenvalue weighted by molar-refractivity contribution is 5.12. The smallest absolute Gasteiger partial charge is 0.164 e. The molecule has 18 heavy (non-hydrogen) atoms. The van der Waals surface area contributed by atoms with Crippen molar-refractivity contribution in [1.29, 1.82) is 0 Å². The van der Waals surface area contributed by atoms with Crippen molar-refractivity contribution >= 4 is 0 Å². The van der Waals surface area contributed by atoms with E-state index in [2.05, 4.69) is 41.5 Å². The van der Waals surface area contributed by atoms with E-state index >= 15 is 0 Å². The summed E-state index contributed by atoms with van der Waals surface area (Å²) in [5, 5.41) is 0. The topological polar surface area (TPSA) is 18.5 Å². The first-order chi connectivity index (χ1) is 8.17. The highest BCUT2D eigenvalue weighted by Crippen LogP contribution is 2.62. The minimum atomic E-state index is -0.418. The van der Waals surface area contributed by atoms with Gasteiger partial charge in [-0.05, 0) is 56.8 Å². The molecule has 0 aromatic heterocycles. The largest absolute Gasteiger partial charge is 0.344 e. The van der Waals surface area contributed by atoms with Crippen LogP contribution < -0.4 is 0 Å². The summed E-state index contributed by atoms with van der Waals surface area (Å²) >= 11 is 0. The van der Waals surface area contributed by atoms with Crippen molar-refractivity contribution in [3.05, 3.63) is 0 Å². The molecular weight excluding hydrogens is 224 g/mol. The van der Waals surface area contributed by atoms with Gasteiger partial charge in [-0.1, -0.05) is 27.2 Å². The molecule has 2 nitrogen and oxygen atoms in total. The Bertz CT molecular complexity index is 360. The van der Waals surface area contributed by atoms with Crippen LogP contribution in [0.2, 0.25) is 0 Å². The maximum absolute atomic E-state index is 6.38. The Morgan fingerprint density at radius 1 is 1.00 bits per heavy atom. The zero-order valence-corrected chi connectivity index (χ0v) is 12.7. The molecule has 1 saturated heterocycles.